The van der Waals surface area contributed by atoms with Crippen molar-refractivity contribution >= 4 is 28.8 Å². The summed E-state index contributed by atoms with van der Waals surface area (Å²) in [5.41, 5.74) is 3.08. The molecule has 7 heteroatoms. The van der Waals surface area contributed by atoms with Crippen LogP contribution >= 0.6 is 0 Å². The number of carbonyl (C=O) groups is 2. The van der Waals surface area contributed by atoms with E-state index in [1.807, 2.05) is 26.0 Å². The van der Waals surface area contributed by atoms with Gasteiger partial charge in [-0.25, -0.2) is 13.7 Å². The van der Waals surface area contributed by atoms with Crippen LogP contribution in [0.25, 0.3) is 5.57 Å². The predicted molar refractivity (Wildman–Crippen MR) is 123 cm³/mol. The lowest BCUT2D eigenvalue weighted by atomic mass is 9.99. The summed E-state index contributed by atoms with van der Waals surface area (Å²) in [6.07, 6.45) is 0. The zero-order valence-electron chi connectivity index (χ0n) is 18.4. The number of anilines is 2. The second-order valence-electron chi connectivity index (χ2n) is 7.65. The molecule has 3 aromatic carbocycles. The van der Waals surface area contributed by atoms with E-state index in [4.69, 9.17) is 4.74 Å². The summed E-state index contributed by atoms with van der Waals surface area (Å²) in [6.45, 7) is 6.01. The topological polar surface area (TPSA) is 58.6 Å². The van der Waals surface area contributed by atoms with E-state index < -0.39 is 23.4 Å². The zero-order chi connectivity index (χ0) is 23.7. The highest BCUT2D eigenvalue weighted by molar-refractivity contribution is 6.46. The summed E-state index contributed by atoms with van der Waals surface area (Å²) in [5.74, 6) is -2.85. The molecule has 0 aliphatic carbocycles. The second kappa shape index (κ2) is 8.86. The molecule has 1 N–H and O–H groups in total. The molecule has 5 nitrogen and oxygen atoms in total. The third-order valence-corrected chi connectivity index (χ3v) is 5.47. The van der Waals surface area contributed by atoms with Gasteiger partial charge in [0.05, 0.1) is 17.9 Å². The van der Waals surface area contributed by atoms with Crippen LogP contribution in [0.3, 0.4) is 0 Å². The van der Waals surface area contributed by atoms with Crippen molar-refractivity contribution in [2.24, 2.45) is 0 Å². The smallest absolute Gasteiger partial charge is 0.282 e. The van der Waals surface area contributed by atoms with Gasteiger partial charge in [-0.3, -0.25) is 9.59 Å². The van der Waals surface area contributed by atoms with Crippen molar-refractivity contribution in [1.29, 1.82) is 0 Å². The number of rotatable bonds is 6. The predicted octanol–water partition coefficient (Wildman–Crippen LogP) is 5.38. The molecule has 0 unspecified atom stereocenters. The van der Waals surface area contributed by atoms with Crippen LogP contribution in [0.2, 0.25) is 0 Å². The Labute approximate surface area is 190 Å². The fourth-order valence-electron chi connectivity index (χ4n) is 3.67. The van der Waals surface area contributed by atoms with Crippen molar-refractivity contribution in [3.8, 4) is 5.75 Å². The molecule has 168 valence electrons. The lowest BCUT2D eigenvalue weighted by Gasteiger charge is -2.19. The minimum atomic E-state index is -1.07. The molecule has 33 heavy (non-hydrogen) atoms. The highest BCUT2D eigenvalue weighted by Crippen LogP contribution is 2.38. The number of hydrogen-bond donors (Lipinski definition) is 1. The largest absolute Gasteiger partial charge is 0.492 e. The normalized spacial score (nSPS) is 13.7. The van der Waals surface area contributed by atoms with Crippen LogP contribution < -0.4 is 15.0 Å². The summed E-state index contributed by atoms with van der Waals surface area (Å²) in [5, 5.41) is 2.84. The van der Waals surface area contributed by atoms with Crippen molar-refractivity contribution in [1.82, 2.24) is 0 Å². The molecule has 0 saturated heterocycles. The first-order chi connectivity index (χ1) is 15.8. The molecule has 0 bridgehead atoms. The van der Waals surface area contributed by atoms with Crippen molar-refractivity contribution in [3.05, 3.63) is 94.7 Å². The number of benzene rings is 3. The molecular weight excluding hydrogens is 426 g/mol. The maximum Gasteiger partial charge on any atom is 0.282 e. The van der Waals surface area contributed by atoms with Crippen molar-refractivity contribution in [2.75, 3.05) is 16.8 Å². The van der Waals surface area contributed by atoms with Gasteiger partial charge in [-0.2, -0.15) is 0 Å². The van der Waals surface area contributed by atoms with Crippen LogP contribution in [0.4, 0.5) is 20.2 Å². The Kier molecular flexibility index (Phi) is 5.96. The first-order valence-electron chi connectivity index (χ1n) is 10.5. The van der Waals surface area contributed by atoms with Crippen molar-refractivity contribution in [2.45, 2.75) is 20.8 Å². The molecule has 3 aromatic rings. The number of hydrogen-bond acceptors (Lipinski definition) is 4. The monoisotopic (exact) mass is 448 g/mol. The molecule has 0 radical (unpaired) electrons. The molecule has 0 spiro atoms. The average Bonchev–Trinajstić information content (AvgIpc) is 3.03. The van der Waals surface area contributed by atoms with Gasteiger partial charge in [-0.15, -0.1) is 0 Å². The highest BCUT2D eigenvalue weighted by atomic mass is 19.2. The van der Waals surface area contributed by atoms with E-state index in [1.54, 1.807) is 37.3 Å². The Hall–Kier alpha value is -4.00. The fraction of sp³-hybridized carbons (Fsp3) is 0.154. The number of ether oxygens (including phenoxy) is 1. The van der Waals surface area contributed by atoms with Crippen LogP contribution in [0.15, 0.2) is 66.4 Å². The molecule has 4 rings (SSSR count). The lowest BCUT2D eigenvalue weighted by Crippen LogP contribution is -2.32. The first kappa shape index (κ1) is 22.2. The minimum absolute atomic E-state index is 0.0273. The quantitative estimate of drug-likeness (QED) is 0.515. The van der Waals surface area contributed by atoms with E-state index in [2.05, 4.69) is 5.32 Å². The maximum absolute atomic E-state index is 13.8. The van der Waals surface area contributed by atoms with Gasteiger partial charge in [-0.05, 0) is 61.7 Å². The lowest BCUT2D eigenvalue weighted by molar-refractivity contribution is -0.120. The molecule has 1 heterocycles. The number of amides is 2. The van der Waals surface area contributed by atoms with Crippen LogP contribution in [0.1, 0.15) is 23.6 Å². The summed E-state index contributed by atoms with van der Waals surface area (Å²) in [4.78, 5) is 28.2. The summed E-state index contributed by atoms with van der Waals surface area (Å²) < 4.78 is 32.9. The van der Waals surface area contributed by atoms with Crippen LogP contribution in [-0.4, -0.2) is 18.4 Å². The van der Waals surface area contributed by atoms with Gasteiger partial charge < -0.3 is 10.1 Å². The number of nitrogens with zero attached hydrogens (tertiary/aromatic N) is 1. The van der Waals surface area contributed by atoms with E-state index >= 15 is 0 Å². The van der Waals surface area contributed by atoms with Gasteiger partial charge in [0, 0.05) is 11.8 Å². The molecule has 1 aliphatic rings. The van der Waals surface area contributed by atoms with Gasteiger partial charge >= 0.3 is 0 Å². The molecule has 0 aromatic heterocycles. The Morgan fingerprint density at radius 1 is 0.879 bits per heavy atom. The standard InChI is InChI=1S/C26H22F2N2O3/c1-4-33-22-8-6-5-7-21(22)30-25(31)23(17-10-9-15(2)16(3)13-17)24(26(30)32)29-18-11-12-19(27)20(28)14-18/h5-14,29H,4H2,1-3H3. The second-order valence-corrected chi connectivity index (χ2v) is 7.65. The Balaban J connectivity index is 1.86. The molecule has 0 saturated carbocycles. The number of para-hydroxylation sites is 2. The van der Waals surface area contributed by atoms with Crippen molar-refractivity contribution < 1.29 is 23.1 Å². The molecule has 1 aliphatic heterocycles. The third-order valence-electron chi connectivity index (χ3n) is 5.47. The number of nitrogens with one attached hydrogen (secondary N) is 1. The van der Waals surface area contributed by atoms with E-state index in [1.165, 1.54) is 6.07 Å². The van der Waals surface area contributed by atoms with Gasteiger partial charge in [0.15, 0.2) is 11.6 Å². The Morgan fingerprint density at radius 3 is 2.33 bits per heavy atom. The van der Waals surface area contributed by atoms with E-state index in [-0.39, 0.29) is 17.0 Å². The maximum atomic E-state index is 13.8. The SMILES string of the molecule is CCOc1ccccc1N1C(=O)C(Nc2ccc(F)c(F)c2)=C(c2ccc(C)c(C)c2)C1=O. The highest BCUT2D eigenvalue weighted by Gasteiger charge is 2.41. The van der Waals surface area contributed by atoms with E-state index in [9.17, 15) is 18.4 Å². The van der Waals surface area contributed by atoms with E-state index in [0.717, 1.165) is 28.2 Å². The average molecular weight is 448 g/mol. The van der Waals surface area contributed by atoms with E-state index in [0.29, 0.717) is 23.6 Å². The van der Waals surface area contributed by atoms with Crippen LogP contribution in [0, 0.1) is 25.5 Å². The molecule has 2 amide bonds. The van der Waals surface area contributed by atoms with Gasteiger partial charge in [0.1, 0.15) is 11.4 Å². The molecular formula is C26H22F2N2O3. The zero-order valence-corrected chi connectivity index (χ0v) is 18.4. The molecule has 0 fully saturated rings. The fourth-order valence-corrected chi connectivity index (χ4v) is 3.67. The number of imide groups is 1. The third kappa shape index (κ3) is 4.09. The Morgan fingerprint density at radius 2 is 1.64 bits per heavy atom. The van der Waals surface area contributed by atoms with Crippen molar-refractivity contribution in [3.63, 3.8) is 0 Å². The number of halogens is 2. The van der Waals surface area contributed by atoms with Gasteiger partial charge in [0.2, 0.25) is 0 Å². The van der Waals surface area contributed by atoms with Gasteiger partial charge in [0.25, 0.3) is 11.8 Å². The number of aryl methyl sites for hydroxylation is 2. The number of carbonyl (C=O) groups excluding carboxylic acids is 2. The Bertz CT molecular complexity index is 1300. The van der Waals surface area contributed by atoms with Gasteiger partial charge in [-0.1, -0.05) is 30.3 Å². The minimum Gasteiger partial charge on any atom is -0.492 e. The molecule has 0 atom stereocenters. The summed E-state index contributed by atoms with van der Waals surface area (Å²) >= 11 is 0. The summed E-state index contributed by atoms with van der Waals surface area (Å²) in [7, 11) is 0. The van der Waals surface area contributed by atoms with Crippen LogP contribution in [-0.2, 0) is 9.59 Å². The summed E-state index contributed by atoms with van der Waals surface area (Å²) in [6, 6.07) is 15.4. The van der Waals surface area contributed by atoms with Crippen LogP contribution in [0.5, 0.6) is 5.75 Å². The first-order valence-corrected chi connectivity index (χ1v) is 10.5.